The summed E-state index contributed by atoms with van der Waals surface area (Å²) in [6.45, 7) is 4.61. The second kappa shape index (κ2) is 7.35. The fraction of sp³-hybridized carbons (Fsp3) is 0.0909. The minimum atomic E-state index is -0.0410. The Morgan fingerprint density at radius 3 is 2.20 bits per heavy atom. The first-order valence-electron chi connectivity index (χ1n) is 12.1. The van der Waals surface area contributed by atoms with Crippen molar-refractivity contribution in [1.82, 2.24) is 0 Å². The van der Waals surface area contributed by atoms with Gasteiger partial charge in [-0.2, -0.15) is 0 Å². The van der Waals surface area contributed by atoms with E-state index in [0.717, 1.165) is 33.3 Å². The number of furan rings is 1. The number of hydrogen-bond acceptors (Lipinski definition) is 2. The summed E-state index contributed by atoms with van der Waals surface area (Å²) in [7, 11) is 0. The highest BCUT2D eigenvalue weighted by molar-refractivity contribution is 6.16. The van der Waals surface area contributed by atoms with Gasteiger partial charge in [0.15, 0.2) is 0 Å². The Morgan fingerprint density at radius 1 is 0.629 bits per heavy atom. The third kappa shape index (κ3) is 2.96. The van der Waals surface area contributed by atoms with Gasteiger partial charge in [0, 0.05) is 22.1 Å². The largest absolute Gasteiger partial charge is 0.455 e. The number of benzene rings is 5. The van der Waals surface area contributed by atoms with Crippen molar-refractivity contribution in [2.45, 2.75) is 19.3 Å². The van der Waals surface area contributed by atoms with Gasteiger partial charge in [0.05, 0.1) is 11.1 Å². The van der Waals surface area contributed by atoms with E-state index >= 15 is 0 Å². The smallest absolute Gasteiger partial charge is 0.143 e. The maximum atomic E-state index is 6.56. The molecule has 5 aromatic carbocycles. The molecule has 1 heterocycles. The molecule has 0 amide bonds. The SMILES string of the molecule is CC1(C)c2ccccc2-c2c1ccc1c2oc2cccc(Nc3ccc(-c4ccccc4)cc3)c21. The molecule has 168 valence electrons. The van der Waals surface area contributed by atoms with Crippen LogP contribution in [-0.2, 0) is 5.41 Å². The summed E-state index contributed by atoms with van der Waals surface area (Å²) in [5.74, 6) is 0. The van der Waals surface area contributed by atoms with Crippen LogP contribution in [0.25, 0.3) is 44.2 Å². The van der Waals surface area contributed by atoms with E-state index in [1.807, 2.05) is 6.07 Å². The lowest BCUT2D eigenvalue weighted by Crippen LogP contribution is -2.14. The second-order valence-electron chi connectivity index (χ2n) is 9.88. The monoisotopic (exact) mass is 451 g/mol. The van der Waals surface area contributed by atoms with E-state index in [1.54, 1.807) is 0 Å². The van der Waals surface area contributed by atoms with Gasteiger partial charge in [-0.05, 0) is 52.1 Å². The van der Waals surface area contributed by atoms with Gasteiger partial charge in [-0.3, -0.25) is 0 Å². The molecule has 0 atom stereocenters. The summed E-state index contributed by atoms with van der Waals surface area (Å²) in [6.07, 6.45) is 0. The first-order chi connectivity index (χ1) is 17.1. The van der Waals surface area contributed by atoms with Crippen LogP contribution in [0.4, 0.5) is 11.4 Å². The second-order valence-corrected chi connectivity index (χ2v) is 9.88. The fourth-order valence-electron chi connectivity index (χ4n) is 5.71. The van der Waals surface area contributed by atoms with Crippen LogP contribution in [0.5, 0.6) is 0 Å². The molecule has 0 spiro atoms. The lowest BCUT2D eigenvalue weighted by molar-refractivity contribution is 0.653. The van der Waals surface area contributed by atoms with Crippen LogP contribution in [0.3, 0.4) is 0 Å². The van der Waals surface area contributed by atoms with E-state index < -0.39 is 0 Å². The molecule has 0 saturated carbocycles. The van der Waals surface area contributed by atoms with Gasteiger partial charge in [0.1, 0.15) is 11.2 Å². The highest BCUT2D eigenvalue weighted by atomic mass is 16.3. The molecule has 0 unspecified atom stereocenters. The predicted octanol–water partition coefficient (Wildman–Crippen LogP) is 9.30. The maximum absolute atomic E-state index is 6.56. The summed E-state index contributed by atoms with van der Waals surface area (Å²) in [5.41, 5.74) is 11.6. The molecule has 0 saturated heterocycles. The van der Waals surface area contributed by atoms with Crippen molar-refractivity contribution in [3.63, 3.8) is 0 Å². The Labute approximate surface area is 204 Å². The van der Waals surface area contributed by atoms with E-state index in [9.17, 15) is 0 Å². The van der Waals surface area contributed by atoms with Crippen LogP contribution in [0.1, 0.15) is 25.0 Å². The van der Waals surface area contributed by atoms with Crippen LogP contribution in [0.2, 0.25) is 0 Å². The average Bonchev–Trinajstić information content (AvgIpc) is 3.39. The zero-order valence-corrected chi connectivity index (χ0v) is 19.8. The summed E-state index contributed by atoms with van der Waals surface area (Å²) >= 11 is 0. The molecule has 0 radical (unpaired) electrons. The van der Waals surface area contributed by atoms with Gasteiger partial charge in [0.25, 0.3) is 0 Å². The van der Waals surface area contributed by atoms with Gasteiger partial charge < -0.3 is 9.73 Å². The number of anilines is 2. The number of nitrogens with one attached hydrogen (secondary N) is 1. The standard InChI is InChI=1S/C33H25NO/c1-33(2)26-12-7-6-11-24(26)30-27(33)20-19-25-31-28(13-8-14-29(31)35-32(25)30)34-23-17-15-22(16-18-23)21-9-4-3-5-10-21/h3-20,34H,1-2H3. The number of hydrogen-bond donors (Lipinski definition) is 1. The Morgan fingerprint density at radius 2 is 1.37 bits per heavy atom. The van der Waals surface area contributed by atoms with Crippen molar-refractivity contribution in [3.05, 3.63) is 120 Å². The van der Waals surface area contributed by atoms with E-state index in [-0.39, 0.29) is 5.41 Å². The van der Waals surface area contributed by atoms with Crippen LogP contribution < -0.4 is 5.32 Å². The Bertz CT molecular complexity index is 1720. The normalized spacial score (nSPS) is 13.7. The minimum absolute atomic E-state index is 0.0410. The van der Waals surface area contributed by atoms with E-state index in [0.29, 0.717) is 0 Å². The molecular formula is C33H25NO. The molecule has 1 aliphatic rings. The third-order valence-electron chi connectivity index (χ3n) is 7.48. The highest BCUT2D eigenvalue weighted by Gasteiger charge is 2.37. The minimum Gasteiger partial charge on any atom is -0.455 e. The molecule has 1 aromatic heterocycles. The van der Waals surface area contributed by atoms with Crippen molar-refractivity contribution in [3.8, 4) is 22.3 Å². The van der Waals surface area contributed by atoms with Gasteiger partial charge in [-0.15, -0.1) is 0 Å². The summed E-state index contributed by atoms with van der Waals surface area (Å²) < 4.78 is 6.56. The molecular weight excluding hydrogens is 426 g/mol. The van der Waals surface area contributed by atoms with E-state index in [4.69, 9.17) is 4.42 Å². The molecule has 35 heavy (non-hydrogen) atoms. The molecule has 6 aromatic rings. The van der Waals surface area contributed by atoms with Gasteiger partial charge in [0.2, 0.25) is 0 Å². The first-order valence-corrected chi connectivity index (χ1v) is 12.1. The molecule has 0 aliphatic heterocycles. The van der Waals surface area contributed by atoms with Crippen LogP contribution >= 0.6 is 0 Å². The molecule has 2 heteroatoms. The van der Waals surface area contributed by atoms with E-state index in [1.165, 1.54) is 33.4 Å². The quantitative estimate of drug-likeness (QED) is 0.290. The predicted molar refractivity (Wildman–Crippen MR) is 146 cm³/mol. The van der Waals surface area contributed by atoms with Crippen LogP contribution in [-0.4, -0.2) is 0 Å². The van der Waals surface area contributed by atoms with Crippen LogP contribution in [0, 0.1) is 0 Å². The average molecular weight is 452 g/mol. The van der Waals surface area contributed by atoms with Crippen molar-refractivity contribution in [1.29, 1.82) is 0 Å². The third-order valence-corrected chi connectivity index (χ3v) is 7.48. The molecule has 1 N–H and O–H groups in total. The zero-order valence-electron chi connectivity index (χ0n) is 19.8. The van der Waals surface area contributed by atoms with Crippen molar-refractivity contribution in [2.24, 2.45) is 0 Å². The number of fused-ring (bicyclic) bond motifs is 7. The fourth-order valence-corrected chi connectivity index (χ4v) is 5.71. The van der Waals surface area contributed by atoms with Crippen molar-refractivity contribution >= 4 is 33.3 Å². The highest BCUT2D eigenvalue weighted by Crippen LogP contribution is 2.52. The molecule has 0 bridgehead atoms. The zero-order chi connectivity index (χ0) is 23.6. The summed E-state index contributed by atoms with van der Waals surface area (Å²) in [6, 6.07) is 38.6. The lowest BCUT2D eigenvalue weighted by Gasteiger charge is -2.21. The maximum Gasteiger partial charge on any atom is 0.143 e. The Kier molecular flexibility index (Phi) is 4.22. The van der Waals surface area contributed by atoms with Crippen molar-refractivity contribution in [2.75, 3.05) is 5.32 Å². The first kappa shape index (κ1) is 20.1. The summed E-state index contributed by atoms with van der Waals surface area (Å²) in [4.78, 5) is 0. The number of rotatable bonds is 3. The molecule has 0 fully saturated rings. The van der Waals surface area contributed by atoms with Gasteiger partial charge in [-0.25, -0.2) is 0 Å². The van der Waals surface area contributed by atoms with E-state index in [2.05, 4.69) is 122 Å². The molecule has 2 nitrogen and oxygen atoms in total. The summed E-state index contributed by atoms with van der Waals surface area (Å²) in [5, 5.41) is 5.92. The van der Waals surface area contributed by atoms with Crippen LogP contribution in [0.15, 0.2) is 114 Å². The Balaban J connectivity index is 1.36. The topological polar surface area (TPSA) is 25.2 Å². The molecule has 7 rings (SSSR count). The van der Waals surface area contributed by atoms with Crippen molar-refractivity contribution < 1.29 is 4.42 Å². The van der Waals surface area contributed by atoms with Gasteiger partial charge >= 0.3 is 0 Å². The Hall–Kier alpha value is -4.30. The van der Waals surface area contributed by atoms with Gasteiger partial charge in [-0.1, -0.05) is 98.8 Å². The molecule has 1 aliphatic carbocycles. The lowest BCUT2D eigenvalue weighted by atomic mass is 9.82.